The quantitative estimate of drug-likeness (QED) is 0.214. The lowest BCUT2D eigenvalue weighted by molar-refractivity contribution is 0.0938. The van der Waals surface area contributed by atoms with Gasteiger partial charge >= 0.3 is 5.69 Å². The van der Waals surface area contributed by atoms with Gasteiger partial charge < -0.3 is 14.4 Å². The van der Waals surface area contributed by atoms with Gasteiger partial charge in [-0.2, -0.15) is 10.1 Å². The van der Waals surface area contributed by atoms with Crippen LogP contribution < -0.4 is 21.4 Å². The Morgan fingerprint density at radius 2 is 1.79 bits per heavy atom. The van der Waals surface area contributed by atoms with Crippen LogP contribution in [0.5, 0.6) is 5.75 Å². The first-order chi connectivity index (χ1) is 16.3. The van der Waals surface area contributed by atoms with E-state index >= 15 is 0 Å². The first-order valence-corrected chi connectivity index (χ1v) is 11.7. The minimum absolute atomic E-state index is 0.0213. The summed E-state index contributed by atoms with van der Waals surface area (Å²) in [6, 6.07) is 14.7. The summed E-state index contributed by atoms with van der Waals surface area (Å²) in [6.07, 6.45) is 0.612. The molecule has 34 heavy (non-hydrogen) atoms. The second-order valence-electron chi connectivity index (χ2n) is 7.38. The van der Waals surface area contributed by atoms with Gasteiger partial charge in [0.15, 0.2) is 11.2 Å². The van der Waals surface area contributed by atoms with Gasteiger partial charge in [0.1, 0.15) is 18.5 Å². The van der Waals surface area contributed by atoms with E-state index in [1.54, 1.807) is 18.3 Å². The van der Waals surface area contributed by atoms with Gasteiger partial charge in [0, 0.05) is 16.0 Å². The summed E-state index contributed by atoms with van der Waals surface area (Å²) in [7, 11) is 1.50. The Morgan fingerprint density at radius 1 is 1.15 bits per heavy atom. The molecule has 10 nitrogen and oxygen atoms in total. The zero-order valence-corrected chi connectivity index (χ0v) is 21.1. The van der Waals surface area contributed by atoms with Crippen molar-refractivity contribution in [2.75, 3.05) is 12.0 Å². The first kappa shape index (κ1) is 23.9. The fraction of sp³-hybridized carbons (Fsp3) is 0.182. The number of ether oxygens (including phenoxy) is 1. The molecule has 0 aliphatic heterocycles. The fourth-order valence-corrected chi connectivity index (χ4v) is 3.73. The Bertz CT molecular complexity index is 1440. The minimum atomic E-state index is -0.978. The topological polar surface area (TPSA) is 127 Å². The van der Waals surface area contributed by atoms with Gasteiger partial charge in [-0.05, 0) is 42.0 Å². The van der Waals surface area contributed by atoms with Crippen molar-refractivity contribution < 1.29 is 9.84 Å². The molecule has 2 aromatic heterocycles. The van der Waals surface area contributed by atoms with Crippen LogP contribution in [0, 0.1) is 0 Å². The highest BCUT2D eigenvalue weighted by Gasteiger charge is 2.20. The third-order valence-electron chi connectivity index (χ3n) is 4.90. The Balaban J connectivity index is 1.60. The number of aliphatic hydroxyl groups is 1. The van der Waals surface area contributed by atoms with E-state index in [2.05, 4.69) is 52.4 Å². The van der Waals surface area contributed by atoms with Crippen LogP contribution in [0.1, 0.15) is 5.56 Å². The molecule has 12 heteroatoms. The zero-order valence-electron chi connectivity index (χ0n) is 17.9. The molecule has 2 heterocycles. The average Bonchev–Trinajstić information content (AvgIpc) is 3.17. The molecule has 0 aliphatic carbocycles. The number of rotatable bonds is 8. The Morgan fingerprint density at radius 3 is 2.47 bits per heavy atom. The van der Waals surface area contributed by atoms with E-state index in [1.807, 2.05) is 36.4 Å². The molecule has 4 rings (SSSR count). The van der Waals surface area contributed by atoms with Crippen LogP contribution in [0.3, 0.4) is 0 Å². The number of aryl methyl sites for hydroxylation is 1. The highest BCUT2D eigenvalue weighted by molar-refractivity contribution is 9.10. The molecule has 0 unspecified atom stereocenters. The van der Waals surface area contributed by atoms with Crippen molar-refractivity contribution in [1.82, 2.24) is 19.1 Å². The van der Waals surface area contributed by atoms with E-state index < -0.39 is 17.4 Å². The number of anilines is 1. The van der Waals surface area contributed by atoms with Crippen molar-refractivity contribution >= 4 is 55.2 Å². The van der Waals surface area contributed by atoms with Crippen LogP contribution in [0.25, 0.3) is 11.2 Å². The lowest BCUT2D eigenvalue weighted by Gasteiger charge is -2.15. The lowest BCUT2D eigenvalue weighted by atomic mass is 10.2. The third kappa shape index (κ3) is 5.46. The first-order valence-electron chi connectivity index (χ1n) is 10.1. The number of benzene rings is 2. The van der Waals surface area contributed by atoms with Crippen molar-refractivity contribution in [3.8, 4) is 5.75 Å². The van der Waals surface area contributed by atoms with Gasteiger partial charge in [0.2, 0.25) is 5.95 Å². The molecule has 0 amide bonds. The SMILES string of the molecule is Cn1c(=O)[nH]c(=O)c2c1nc(N/N=C\c1ccc(Br)cc1)n2C[C@H](O)COc1ccc(Br)cc1. The molecule has 0 saturated heterocycles. The number of aromatic nitrogens is 4. The second-order valence-corrected chi connectivity index (χ2v) is 9.21. The number of aliphatic hydroxyl groups excluding tert-OH is 1. The molecule has 0 fully saturated rings. The van der Waals surface area contributed by atoms with Crippen LogP contribution in [0.2, 0.25) is 0 Å². The van der Waals surface area contributed by atoms with Gasteiger partial charge in [-0.25, -0.2) is 10.2 Å². The molecule has 0 bridgehead atoms. The van der Waals surface area contributed by atoms with Crippen molar-refractivity contribution in [1.29, 1.82) is 0 Å². The zero-order chi connectivity index (χ0) is 24.2. The Labute approximate surface area is 210 Å². The summed E-state index contributed by atoms with van der Waals surface area (Å²) in [5, 5.41) is 14.8. The number of fused-ring (bicyclic) bond motifs is 1. The molecule has 0 saturated carbocycles. The number of aromatic amines is 1. The van der Waals surface area contributed by atoms with Crippen molar-refractivity contribution in [2.24, 2.45) is 12.1 Å². The smallest absolute Gasteiger partial charge is 0.329 e. The van der Waals surface area contributed by atoms with E-state index in [-0.39, 0.29) is 30.3 Å². The van der Waals surface area contributed by atoms with E-state index in [0.29, 0.717) is 5.75 Å². The molecule has 1 atom stereocenters. The minimum Gasteiger partial charge on any atom is -0.491 e. The molecule has 0 spiro atoms. The van der Waals surface area contributed by atoms with E-state index in [9.17, 15) is 14.7 Å². The third-order valence-corrected chi connectivity index (χ3v) is 5.96. The molecule has 176 valence electrons. The Kier molecular flexibility index (Phi) is 7.29. The van der Waals surface area contributed by atoms with E-state index in [1.165, 1.54) is 16.2 Å². The fourth-order valence-electron chi connectivity index (χ4n) is 3.20. The molecule has 0 aliphatic rings. The molecular formula is C22H20Br2N6O4. The summed E-state index contributed by atoms with van der Waals surface area (Å²) in [4.78, 5) is 31.3. The summed E-state index contributed by atoms with van der Waals surface area (Å²) in [5.41, 5.74) is 2.74. The van der Waals surface area contributed by atoms with Crippen LogP contribution in [-0.4, -0.2) is 43.1 Å². The van der Waals surface area contributed by atoms with Crippen molar-refractivity contribution in [3.05, 3.63) is 83.9 Å². The number of nitrogens with zero attached hydrogens (tertiary/aromatic N) is 4. The van der Waals surface area contributed by atoms with E-state index in [0.717, 1.165) is 14.5 Å². The number of hydrogen-bond acceptors (Lipinski definition) is 7. The maximum absolute atomic E-state index is 12.6. The summed E-state index contributed by atoms with van der Waals surface area (Å²) < 4.78 is 10.2. The monoisotopic (exact) mass is 590 g/mol. The van der Waals surface area contributed by atoms with Crippen molar-refractivity contribution in [3.63, 3.8) is 0 Å². The van der Waals surface area contributed by atoms with Gasteiger partial charge in [-0.1, -0.05) is 44.0 Å². The summed E-state index contributed by atoms with van der Waals surface area (Å²) >= 11 is 6.74. The van der Waals surface area contributed by atoms with Crippen LogP contribution in [0.15, 0.2) is 72.2 Å². The van der Waals surface area contributed by atoms with Gasteiger partial charge in [0.05, 0.1) is 12.8 Å². The molecule has 3 N–H and O–H groups in total. The predicted octanol–water partition coefficient (Wildman–Crippen LogP) is 2.83. The highest BCUT2D eigenvalue weighted by Crippen LogP contribution is 2.18. The maximum Gasteiger partial charge on any atom is 0.329 e. The number of hydrogen-bond donors (Lipinski definition) is 3. The van der Waals surface area contributed by atoms with Crippen LogP contribution in [0.4, 0.5) is 5.95 Å². The van der Waals surface area contributed by atoms with Gasteiger partial charge in [0.25, 0.3) is 5.56 Å². The predicted molar refractivity (Wildman–Crippen MR) is 137 cm³/mol. The van der Waals surface area contributed by atoms with Gasteiger partial charge in [-0.3, -0.25) is 14.3 Å². The van der Waals surface area contributed by atoms with Crippen molar-refractivity contribution in [2.45, 2.75) is 12.6 Å². The highest BCUT2D eigenvalue weighted by atomic mass is 79.9. The average molecular weight is 592 g/mol. The lowest BCUT2D eigenvalue weighted by Crippen LogP contribution is -2.30. The molecule has 0 radical (unpaired) electrons. The van der Waals surface area contributed by atoms with Crippen LogP contribution >= 0.6 is 31.9 Å². The number of imidazole rings is 1. The maximum atomic E-state index is 12.6. The summed E-state index contributed by atoms with van der Waals surface area (Å²) in [6.45, 7) is -0.0446. The number of hydrazone groups is 1. The number of halogens is 2. The van der Waals surface area contributed by atoms with Gasteiger partial charge in [-0.15, -0.1) is 0 Å². The molecule has 4 aromatic rings. The van der Waals surface area contributed by atoms with Crippen LogP contribution in [-0.2, 0) is 13.6 Å². The standard InChI is InChI=1S/C22H20Br2N6O4/c1-29-19-18(20(32)27-22(29)33)30(11-16(31)12-34-17-8-6-15(24)7-9-17)21(26-19)28-25-10-13-2-4-14(23)5-3-13/h2-10,16,31H,11-12H2,1H3,(H,26,28)(H,27,32,33)/b25-10-/t16-/m0/s1. The summed E-state index contributed by atoms with van der Waals surface area (Å²) in [5.74, 6) is 0.785. The Hall–Kier alpha value is -3.22. The second kappa shape index (κ2) is 10.4. The van der Waals surface area contributed by atoms with E-state index in [4.69, 9.17) is 4.74 Å². The molecular weight excluding hydrogens is 572 g/mol. The number of nitrogens with one attached hydrogen (secondary N) is 2. The largest absolute Gasteiger partial charge is 0.491 e. The molecule has 2 aromatic carbocycles. The number of H-pyrrole nitrogens is 1. The normalized spacial score (nSPS) is 12.4.